The molecule has 0 spiro atoms. The van der Waals surface area contributed by atoms with Gasteiger partial charge in [-0.1, -0.05) is 11.6 Å². The highest BCUT2D eigenvalue weighted by Gasteiger charge is 2.40. The van der Waals surface area contributed by atoms with Gasteiger partial charge in [0.2, 0.25) is 0 Å². The maximum atomic E-state index is 9.23. The van der Waals surface area contributed by atoms with E-state index in [0.717, 1.165) is 79.4 Å². The Morgan fingerprint density at radius 2 is 2.00 bits per heavy atom. The number of likely N-dealkylation sites (tertiary alicyclic amines) is 1. The molecule has 180 valence electrons. The van der Waals surface area contributed by atoms with Gasteiger partial charge in [-0.25, -0.2) is 4.68 Å². The lowest BCUT2D eigenvalue weighted by Crippen LogP contribution is -2.37. The third-order valence-electron chi connectivity index (χ3n) is 7.40. The van der Waals surface area contributed by atoms with Gasteiger partial charge in [0.15, 0.2) is 5.82 Å². The number of anilines is 1. The molecule has 2 bridgehead atoms. The Morgan fingerprint density at radius 1 is 1.18 bits per heavy atom. The van der Waals surface area contributed by atoms with Gasteiger partial charge in [-0.05, 0) is 56.0 Å². The molecule has 3 fully saturated rings. The maximum absolute atomic E-state index is 9.23. The first-order valence-corrected chi connectivity index (χ1v) is 12.3. The number of rotatable bonds is 6. The first-order chi connectivity index (χ1) is 16.6. The summed E-state index contributed by atoms with van der Waals surface area (Å²) >= 11 is 6.73. The number of hydrogen-bond donors (Lipinski definition) is 1. The van der Waals surface area contributed by atoms with E-state index >= 15 is 0 Å². The number of piperidine rings is 1. The van der Waals surface area contributed by atoms with Crippen molar-refractivity contribution in [3.05, 3.63) is 35.0 Å². The summed E-state index contributed by atoms with van der Waals surface area (Å²) in [4.78, 5) is 13.8. The van der Waals surface area contributed by atoms with E-state index in [1.165, 1.54) is 0 Å². The van der Waals surface area contributed by atoms with Crippen LogP contribution in [0.15, 0.2) is 24.4 Å². The van der Waals surface area contributed by atoms with Crippen LogP contribution in [0.1, 0.15) is 30.7 Å². The van der Waals surface area contributed by atoms with Gasteiger partial charge >= 0.3 is 6.01 Å². The van der Waals surface area contributed by atoms with E-state index in [1.54, 1.807) is 7.11 Å². The van der Waals surface area contributed by atoms with Crippen LogP contribution in [0.2, 0.25) is 5.02 Å². The lowest BCUT2D eigenvalue weighted by molar-refractivity contribution is 0.0988. The standard InChI is InChI=1S/C24H29ClN6O3/c1-33-24-27-22(30-13-18-9-17(30)14-34-18)11-23(28-24)31-21-10-19(20(25)8-16(21)12-26-31)15-2-4-29(5-3-15)6-7-32/h8,10-12,15,17-18,32H,2-7,9,13-14H2,1H3/t17-,18-/m0/s1. The Morgan fingerprint density at radius 3 is 2.71 bits per heavy atom. The van der Waals surface area contributed by atoms with Crippen LogP contribution in [0.3, 0.4) is 0 Å². The molecule has 9 nitrogen and oxygen atoms in total. The van der Waals surface area contributed by atoms with Gasteiger partial charge in [0, 0.05) is 29.6 Å². The Bertz CT molecular complexity index is 1190. The fourth-order valence-corrected chi connectivity index (χ4v) is 5.92. The zero-order valence-electron chi connectivity index (χ0n) is 19.2. The summed E-state index contributed by atoms with van der Waals surface area (Å²) in [5.41, 5.74) is 2.12. The SMILES string of the molecule is COc1nc(N2C[C@@H]3C[C@H]2CO3)cc(-n2ncc3cc(Cl)c(C4CCN(CCO)CC4)cc32)n1. The van der Waals surface area contributed by atoms with Gasteiger partial charge in [0.25, 0.3) is 0 Å². The van der Waals surface area contributed by atoms with Gasteiger partial charge in [-0.2, -0.15) is 15.1 Å². The van der Waals surface area contributed by atoms with Crippen molar-refractivity contribution in [2.45, 2.75) is 37.3 Å². The van der Waals surface area contributed by atoms with Crippen molar-refractivity contribution >= 4 is 28.3 Å². The van der Waals surface area contributed by atoms with Crippen LogP contribution in [0.4, 0.5) is 5.82 Å². The number of nitrogens with zero attached hydrogens (tertiary/aromatic N) is 6. The van der Waals surface area contributed by atoms with Crippen molar-refractivity contribution in [1.29, 1.82) is 0 Å². The topological polar surface area (TPSA) is 88.8 Å². The molecular formula is C24H29ClN6O3. The molecule has 0 unspecified atom stereocenters. The number of halogens is 1. The van der Waals surface area contributed by atoms with Crippen molar-refractivity contribution in [1.82, 2.24) is 24.6 Å². The van der Waals surface area contributed by atoms with E-state index in [1.807, 2.05) is 23.0 Å². The van der Waals surface area contributed by atoms with E-state index < -0.39 is 0 Å². The zero-order chi connectivity index (χ0) is 23.2. The minimum atomic E-state index is 0.201. The summed E-state index contributed by atoms with van der Waals surface area (Å²) in [7, 11) is 1.59. The molecule has 1 aromatic carbocycles. The summed E-state index contributed by atoms with van der Waals surface area (Å²) in [5, 5.41) is 15.6. The second-order valence-corrected chi connectivity index (χ2v) is 9.80. The molecule has 5 heterocycles. The highest BCUT2D eigenvalue weighted by atomic mass is 35.5. The molecule has 3 saturated heterocycles. The molecule has 3 aliphatic rings. The summed E-state index contributed by atoms with van der Waals surface area (Å²) in [6.45, 7) is 4.43. The number of benzene rings is 1. The lowest BCUT2D eigenvalue weighted by Gasteiger charge is -2.32. The molecule has 2 atom stereocenters. The van der Waals surface area contributed by atoms with Crippen molar-refractivity contribution in [3.63, 3.8) is 0 Å². The van der Waals surface area contributed by atoms with Gasteiger partial charge < -0.3 is 24.4 Å². The molecule has 10 heteroatoms. The number of aliphatic hydroxyl groups is 1. The van der Waals surface area contributed by atoms with Crippen LogP contribution >= 0.6 is 11.6 Å². The molecule has 2 aromatic heterocycles. The van der Waals surface area contributed by atoms with E-state index in [4.69, 9.17) is 21.1 Å². The molecule has 34 heavy (non-hydrogen) atoms. The highest BCUT2D eigenvalue weighted by Crippen LogP contribution is 2.37. The van der Waals surface area contributed by atoms with E-state index in [-0.39, 0.29) is 12.7 Å². The molecular weight excluding hydrogens is 456 g/mol. The summed E-state index contributed by atoms with van der Waals surface area (Å²) in [6, 6.07) is 6.82. The number of morpholine rings is 1. The smallest absolute Gasteiger partial charge is 0.320 e. The Balaban J connectivity index is 1.35. The highest BCUT2D eigenvalue weighted by molar-refractivity contribution is 6.32. The third-order valence-corrected chi connectivity index (χ3v) is 7.73. The summed E-state index contributed by atoms with van der Waals surface area (Å²) in [6.07, 6.45) is 5.17. The molecule has 3 aromatic rings. The predicted molar refractivity (Wildman–Crippen MR) is 129 cm³/mol. The lowest BCUT2D eigenvalue weighted by atomic mass is 9.89. The average Bonchev–Trinajstić information content (AvgIpc) is 3.60. The number of methoxy groups -OCH3 is 1. The molecule has 3 aliphatic heterocycles. The largest absolute Gasteiger partial charge is 0.467 e. The van der Waals surface area contributed by atoms with Crippen LogP contribution in [-0.4, -0.2) is 88.4 Å². The molecule has 0 radical (unpaired) electrons. The normalized spacial score (nSPS) is 23.3. The Labute approximate surface area is 203 Å². The fraction of sp³-hybridized carbons (Fsp3) is 0.542. The average molecular weight is 485 g/mol. The van der Waals surface area contributed by atoms with Gasteiger partial charge in [-0.3, -0.25) is 0 Å². The van der Waals surface area contributed by atoms with E-state index in [9.17, 15) is 5.11 Å². The minimum absolute atomic E-state index is 0.201. The van der Waals surface area contributed by atoms with Gasteiger partial charge in [-0.15, -0.1) is 0 Å². The number of ether oxygens (including phenoxy) is 2. The number of hydrogen-bond acceptors (Lipinski definition) is 8. The second-order valence-electron chi connectivity index (χ2n) is 9.40. The first kappa shape index (κ1) is 22.0. The monoisotopic (exact) mass is 484 g/mol. The first-order valence-electron chi connectivity index (χ1n) is 11.9. The van der Waals surface area contributed by atoms with Crippen molar-refractivity contribution < 1.29 is 14.6 Å². The molecule has 0 saturated carbocycles. The molecule has 1 N–H and O–H groups in total. The summed E-state index contributed by atoms with van der Waals surface area (Å²) in [5.74, 6) is 1.89. The van der Waals surface area contributed by atoms with Crippen LogP contribution in [0.5, 0.6) is 6.01 Å². The van der Waals surface area contributed by atoms with Gasteiger partial charge in [0.1, 0.15) is 5.82 Å². The van der Waals surface area contributed by atoms with Crippen LogP contribution in [0, 0.1) is 0 Å². The third kappa shape index (κ3) is 3.90. The van der Waals surface area contributed by atoms with Gasteiger partial charge in [0.05, 0.1) is 44.2 Å². The minimum Gasteiger partial charge on any atom is -0.467 e. The quantitative estimate of drug-likeness (QED) is 0.571. The number of β-amino-alcohol motifs (C(OH)–C–C–N with tert-alkyl or cyclic N) is 1. The maximum Gasteiger partial charge on any atom is 0.320 e. The molecule has 0 amide bonds. The van der Waals surface area contributed by atoms with E-state index in [0.29, 0.717) is 23.8 Å². The summed E-state index contributed by atoms with van der Waals surface area (Å²) < 4.78 is 13.1. The fourth-order valence-electron chi connectivity index (χ4n) is 5.59. The van der Waals surface area contributed by atoms with E-state index in [2.05, 4.69) is 30.9 Å². The number of fused-ring (bicyclic) bond motifs is 3. The van der Waals surface area contributed by atoms with Crippen LogP contribution in [0.25, 0.3) is 16.7 Å². The predicted octanol–water partition coefficient (Wildman–Crippen LogP) is 2.63. The van der Waals surface area contributed by atoms with Crippen molar-refractivity contribution in [3.8, 4) is 11.8 Å². The number of aromatic nitrogens is 4. The van der Waals surface area contributed by atoms with Crippen LogP contribution in [-0.2, 0) is 4.74 Å². The van der Waals surface area contributed by atoms with Crippen molar-refractivity contribution in [2.24, 2.45) is 0 Å². The number of aliphatic hydroxyl groups excluding tert-OH is 1. The molecule has 0 aliphatic carbocycles. The zero-order valence-corrected chi connectivity index (χ0v) is 20.0. The van der Waals surface area contributed by atoms with Crippen molar-refractivity contribution in [2.75, 3.05) is 51.4 Å². The Hall–Kier alpha value is -2.46. The Kier molecular flexibility index (Phi) is 5.81. The molecule has 6 rings (SSSR count). The van der Waals surface area contributed by atoms with Crippen LogP contribution < -0.4 is 9.64 Å². The second kappa shape index (κ2) is 8.96.